The van der Waals surface area contributed by atoms with Gasteiger partial charge in [-0.3, -0.25) is 4.79 Å². The van der Waals surface area contributed by atoms with Crippen molar-refractivity contribution in [2.24, 2.45) is 5.92 Å². The second-order valence-electron chi connectivity index (χ2n) is 8.56. The minimum absolute atomic E-state index is 0.00214. The van der Waals surface area contributed by atoms with Crippen molar-refractivity contribution >= 4 is 5.91 Å². The summed E-state index contributed by atoms with van der Waals surface area (Å²) in [6.07, 6.45) is 0.858. The van der Waals surface area contributed by atoms with E-state index in [-0.39, 0.29) is 24.0 Å². The Bertz CT molecular complexity index is 760. The summed E-state index contributed by atoms with van der Waals surface area (Å²) >= 11 is 0. The molecule has 0 radical (unpaired) electrons. The van der Waals surface area contributed by atoms with Crippen molar-refractivity contribution in [2.45, 2.75) is 52.5 Å². The highest BCUT2D eigenvalue weighted by molar-refractivity contribution is 5.78. The number of carbonyl (C=O) groups is 1. The van der Waals surface area contributed by atoms with Gasteiger partial charge in [-0.1, -0.05) is 65.0 Å². The molecular weight excluding hydrogens is 350 g/mol. The van der Waals surface area contributed by atoms with Gasteiger partial charge in [0, 0.05) is 0 Å². The number of rotatable bonds is 8. The van der Waals surface area contributed by atoms with E-state index in [1.54, 1.807) is 7.11 Å². The van der Waals surface area contributed by atoms with Crippen molar-refractivity contribution in [3.63, 3.8) is 0 Å². The summed E-state index contributed by atoms with van der Waals surface area (Å²) in [5.74, 6) is 1.90. The van der Waals surface area contributed by atoms with Crippen molar-refractivity contribution in [3.05, 3.63) is 59.7 Å². The van der Waals surface area contributed by atoms with Gasteiger partial charge in [0.1, 0.15) is 11.5 Å². The molecule has 1 atom stereocenters. The Balaban J connectivity index is 2.06. The summed E-state index contributed by atoms with van der Waals surface area (Å²) in [6.45, 7) is 10.7. The molecule has 152 valence electrons. The van der Waals surface area contributed by atoms with E-state index in [0.717, 1.165) is 29.0 Å². The number of methoxy groups -OCH3 is 1. The summed E-state index contributed by atoms with van der Waals surface area (Å²) in [6, 6.07) is 15.7. The fourth-order valence-electron chi connectivity index (χ4n) is 3.18. The number of hydrogen-bond acceptors (Lipinski definition) is 3. The van der Waals surface area contributed by atoms with Crippen LogP contribution in [0.5, 0.6) is 11.5 Å². The van der Waals surface area contributed by atoms with Crippen LogP contribution in [0.4, 0.5) is 0 Å². The van der Waals surface area contributed by atoms with Gasteiger partial charge in [-0.25, -0.2) is 0 Å². The molecule has 2 aromatic rings. The first-order valence-electron chi connectivity index (χ1n) is 9.86. The standard InChI is InChI=1S/C24H33NO3/c1-17(2)15-21(18-11-13-19(27-6)14-12-18)25-23(26)16-28-22-10-8-7-9-20(22)24(3,4)5/h7-14,17,21H,15-16H2,1-6H3,(H,25,26)/t21-/m1/s1. The molecule has 1 N–H and O–H groups in total. The molecule has 1 amide bonds. The lowest BCUT2D eigenvalue weighted by molar-refractivity contribution is -0.124. The molecule has 0 saturated carbocycles. The Morgan fingerprint density at radius 2 is 1.68 bits per heavy atom. The lowest BCUT2D eigenvalue weighted by Gasteiger charge is -2.24. The summed E-state index contributed by atoms with van der Waals surface area (Å²) in [5, 5.41) is 3.13. The zero-order valence-electron chi connectivity index (χ0n) is 17.9. The van der Waals surface area contributed by atoms with E-state index in [4.69, 9.17) is 9.47 Å². The molecule has 0 saturated heterocycles. The van der Waals surface area contributed by atoms with Crippen LogP contribution in [0.3, 0.4) is 0 Å². The van der Waals surface area contributed by atoms with Gasteiger partial charge in [0.25, 0.3) is 5.91 Å². The Morgan fingerprint density at radius 1 is 1.04 bits per heavy atom. The van der Waals surface area contributed by atoms with E-state index >= 15 is 0 Å². The van der Waals surface area contributed by atoms with Gasteiger partial charge in [0.15, 0.2) is 6.61 Å². The second-order valence-corrected chi connectivity index (χ2v) is 8.56. The Labute approximate surface area is 169 Å². The predicted octanol–water partition coefficient (Wildman–Crippen LogP) is 5.28. The molecule has 4 heteroatoms. The average molecular weight is 384 g/mol. The largest absolute Gasteiger partial charge is 0.497 e. The van der Waals surface area contributed by atoms with E-state index in [1.165, 1.54) is 0 Å². The normalized spacial score (nSPS) is 12.5. The number of carbonyl (C=O) groups excluding carboxylic acids is 1. The summed E-state index contributed by atoms with van der Waals surface area (Å²) in [5.41, 5.74) is 2.12. The molecule has 0 aliphatic carbocycles. The minimum atomic E-state index is -0.120. The van der Waals surface area contributed by atoms with Gasteiger partial charge < -0.3 is 14.8 Å². The highest BCUT2D eigenvalue weighted by Crippen LogP contribution is 2.31. The predicted molar refractivity (Wildman–Crippen MR) is 114 cm³/mol. The Kier molecular flexibility index (Phi) is 7.50. The lowest BCUT2D eigenvalue weighted by atomic mass is 9.86. The molecule has 2 rings (SSSR count). The molecule has 0 spiro atoms. The molecular formula is C24H33NO3. The van der Waals surface area contributed by atoms with Gasteiger partial charge >= 0.3 is 0 Å². The van der Waals surface area contributed by atoms with E-state index in [9.17, 15) is 4.79 Å². The third-order valence-corrected chi connectivity index (χ3v) is 4.61. The van der Waals surface area contributed by atoms with Gasteiger partial charge in [-0.15, -0.1) is 0 Å². The topological polar surface area (TPSA) is 47.6 Å². The van der Waals surface area contributed by atoms with Crippen LogP contribution in [-0.2, 0) is 10.2 Å². The minimum Gasteiger partial charge on any atom is -0.497 e. The second kappa shape index (κ2) is 9.63. The molecule has 0 heterocycles. The molecule has 2 aromatic carbocycles. The van der Waals surface area contributed by atoms with E-state index in [2.05, 4.69) is 39.9 Å². The fraction of sp³-hybridized carbons (Fsp3) is 0.458. The smallest absolute Gasteiger partial charge is 0.258 e. The van der Waals surface area contributed by atoms with Crippen LogP contribution in [0.1, 0.15) is 58.2 Å². The van der Waals surface area contributed by atoms with Crippen molar-refractivity contribution in [2.75, 3.05) is 13.7 Å². The van der Waals surface area contributed by atoms with Crippen molar-refractivity contribution in [1.29, 1.82) is 0 Å². The zero-order valence-corrected chi connectivity index (χ0v) is 17.9. The van der Waals surface area contributed by atoms with Crippen LogP contribution >= 0.6 is 0 Å². The number of para-hydroxylation sites is 1. The number of nitrogens with one attached hydrogen (secondary N) is 1. The van der Waals surface area contributed by atoms with Gasteiger partial charge in [-0.05, 0) is 47.1 Å². The van der Waals surface area contributed by atoms with Crippen LogP contribution in [0, 0.1) is 5.92 Å². The molecule has 0 aliphatic rings. The van der Waals surface area contributed by atoms with Crippen molar-refractivity contribution < 1.29 is 14.3 Å². The first-order valence-corrected chi connectivity index (χ1v) is 9.86. The number of hydrogen-bond donors (Lipinski definition) is 1. The summed E-state index contributed by atoms with van der Waals surface area (Å²) in [7, 11) is 1.65. The summed E-state index contributed by atoms with van der Waals surface area (Å²) in [4.78, 5) is 12.6. The molecule has 0 bridgehead atoms. The first kappa shape index (κ1) is 21.8. The maximum absolute atomic E-state index is 12.6. The molecule has 0 aliphatic heterocycles. The van der Waals surface area contributed by atoms with Crippen LogP contribution < -0.4 is 14.8 Å². The maximum atomic E-state index is 12.6. The summed E-state index contributed by atoms with van der Waals surface area (Å²) < 4.78 is 11.1. The van der Waals surface area contributed by atoms with E-state index < -0.39 is 0 Å². The lowest BCUT2D eigenvalue weighted by Crippen LogP contribution is -2.33. The van der Waals surface area contributed by atoms with Crippen LogP contribution in [0.25, 0.3) is 0 Å². The highest BCUT2D eigenvalue weighted by atomic mass is 16.5. The van der Waals surface area contributed by atoms with Gasteiger partial charge in [-0.2, -0.15) is 0 Å². The average Bonchev–Trinajstić information content (AvgIpc) is 2.65. The third-order valence-electron chi connectivity index (χ3n) is 4.61. The van der Waals surface area contributed by atoms with Crippen LogP contribution in [0.2, 0.25) is 0 Å². The van der Waals surface area contributed by atoms with E-state index in [1.807, 2.05) is 48.5 Å². The first-order chi connectivity index (χ1) is 13.2. The van der Waals surface area contributed by atoms with Crippen molar-refractivity contribution in [3.8, 4) is 11.5 Å². The highest BCUT2D eigenvalue weighted by Gasteiger charge is 2.20. The monoisotopic (exact) mass is 383 g/mol. The molecule has 4 nitrogen and oxygen atoms in total. The maximum Gasteiger partial charge on any atom is 0.258 e. The number of benzene rings is 2. The Morgan fingerprint density at radius 3 is 2.25 bits per heavy atom. The van der Waals surface area contributed by atoms with Gasteiger partial charge in [0.2, 0.25) is 0 Å². The molecule has 0 unspecified atom stereocenters. The third kappa shape index (κ3) is 6.29. The molecule has 28 heavy (non-hydrogen) atoms. The quantitative estimate of drug-likeness (QED) is 0.675. The van der Waals surface area contributed by atoms with Crippen LogP contribution in [0.15, 0.2) is 48.5 Å². The zero-order chi connectivity index (χ0) is 20.7. The number of amides is 1. The van der Waals surface area contributed by atoms with E-state index in [0.29, 0.717) is 5.92 Å². The molecule has 0 aromatic heterocycles. The SMILES string of the molecule is COc1ccc([C@@H](CC(C)C)NC(=O)COc2ccccc2C(C)(C)C)cc1. The number of ether oxygens (including phenoxy) is 2. The van der Waals surface area contributed by atoms with Gasteiger partial charge in [0.05, 0.1) is 13.2 Å². The van der Waals surface area contributed by atoms with Crippen molar-refractivity contribution in [1.82, 2.24) is 5.32 Å². The molecule has 0 fully saturated rings. The Hall–Kier alpha value is -2.49. The van der Waals surface area contributed by atoms with Crippen LogP contribution in [-0.4, -0.2) is 19.6 Å². The fourth-order valence-corrected chi connectivity index (χ4v) is 3.18.